The molecule has 0 spiro atoms. The second kappa shape index (κ2) is 6.13. The van der Waals surface area contributed by atoms with Crippen LogP contribution >= 0.6 is 0 Å². The van der Waals surface area contributed by atoms with Crippen molar-refractivity contribution in [3.8, 4) is 5.75 Å². The molecule has 2 N–H and O–H groups in total. The van der Waals surface area contributed by atoms with Crippen molar-refractivity contribution in [2.75, 3.05) is 13.2 Å². The lowest BCUT2D eigenvalue weighted by molar-refractivity contribution is -0.153. The van der Waals surface area contributed by atoms with Gasteiger partial charge in [0.15, 0.2) is 6.61 Å². The average Bonchev–Trinajstić information content (AvgIpc) is 2.35. The predicted octanol–water partition coefficient (Wildman–Crippen LogP) is 2.13. The molecule has 0 unspecified atom stereocenters. The molecule has 0 heterocycles. The number of alkyl halides is 3. The molecule has 0 radical (unpaired) electrons. The summed E-state index contributed by atoms with van der Waals surface area (Å²) < 4.78 is 40.7. The van der Waals surface area contributed by atoms with Crippen LogP contribution in [0.4, 0.5) is 13.2 Å². The lowest BCUT2D eigenvalue weighted by atomic mass is 10.1. The first-order valence-electron chi connectivity index (χ1n) is 5.86. The number of carbonyl (C=O) groups is 1. The number of aliphatic hydroxyl groups is 1. The Balaban J connectivity index is 2.75. The van der Waals surface area contributed by atoms with E-state index in [1.807, 2.05) is 0 Å². The van der Waals surface area contributed by atoms with E-state index in [0.29, 0.717) is 0 Å². The van der Waals surface area contributed by atoms with Gasteiger partial charge in [-0.1, -0.05) is 6.07 Å². The fraction of sp³-hybridized carbons (Fsp3) is 0.462. The van der Waals surface area contributed by atoms with Crippen LogP contribution in [0.2, 0.25) is 0 Å². The standard InChI is InChI=1S/C13H16F3NO3/c1-12(2,7-18)17-11(19)9-4-3-5-10(6-9)20-8-13(14,15)16/h3-6,18H,7-8H2,1-2H3,(H,17,19). The Bertz CT molecular complexity index is 472. The van der Waals surface area contributed by atoms with E-state index in [4.69, 9.17) is 5.11 Å². The summed E-state index contributed by atoms with van der Waals surface area (Å²) in [6.07, 6.45) is -4.43. The summed E-state index contributed by atoms with van der Waals surface area (Å²) in [5, 5.41) is 11.6. The highest BCUT2D eigenvalue weighted by molar-refractivity contribution is 5.95. The van der Waals surface area contributed by atoms with Gasteiger partial charge in [0.1, 0.15) is 5.75 Å². The minimum Gasteiger partial charge on any atom is -0.484 e. The largest absolute Gasteiger partial charge is 0.484 e. The van der Waals surface area contributed by atoms with Crippen molar-refractivity contribution in [1.29, 1.82) is 0 Å². The number of carbonyl (C=O) groups excluding carboxylic acids is 1. The number of hydrogen-bond donors (Lipinski definition) is 2. The van der Waals surface area contributed by atoms with Gasteiger partial charge in [-0.2, -0.15) is 13.2 Å². The summed E-state index contributed by atoms with van der Waals surface area (Å²) in [6, 6.07) is 5.42. The van der Waals surface area contributed by atoms with Crippen molar-refractivity contribution >= 4 is 5.91 Å². The van der Waals surface area contributed by atoms with Gasteiger partial charge < -0.3 is 15.2 Å². The van der Waals surface area contributed by atoms with Gasteiger partial charge in [-0.25, -0.2) is 0 Å². The molecular weight excluding hydrogens is 275 g/mol. The van der Waals surface area contributed by atoms with Crippen molar-refractivity contribution in [2.45, 2.75) is 25.6 Å². The van der Waals surface area contributed by atoms with Crippen molar-refractivity contribution in [2.24, 2.45) is 0 Å². The summed E-state index contributed by atoms with van der Waals surface area (Å²) in [4.78, 5) is 11.9. The second-order valence-corrected chi connectivity index (χ2v) is 4.93. The first kappa shape index (κ1) is 16.3. The van der Waals surface area contributed by atoms with E-state index >= 15 is 0 Å². The van der Waals surface area contributed by atoms with E-state index in [9.17, 15) is 18.0 Å². The number of aliphatic hydroxyl groups excluding tert-OH is 1. The molecule has 0 fully saturated rings. The summed E-state index contributed by atoms with van der Waals surface area (Å²) in [7, 11) is 0. The maximum absolute atomic E-state index is 12.0. The number of ether oxygens (including phenoxy) is 1. The highest BCUT2D eigenvalue weighted by Gasteiger charge is 2.28. The zero-order valence-electron chi connectivity index (χ0n) is 11.1. The minimum absolute atomic E-state index is 0.0446. The van der Waals surface area contributed by atoms with E-state index in [1.165, 1.54) is 24.3 Å². The summed E-state index contributed by atoms with van der Waals surface area (Å²) in [5.41, 5.74) is -0.661. The molecule has 4 nitrogen and oxygen atoms in total. The molecule has 20 heavy (non-hydrogen) atoms. The highest BCUT2D eigenvalue weighted by Crippen LogP contribution is 2.19. The molecule has 0 aliphatic carbocycles. The lowest BCUT2D eigenvalue weighted by Gasteiger charge is -2.23. The molecule has 1 aromatic carbocycles. The molecule has 112 valence electrons. The van der Waals surface area contributed by atoms with E-state index in [2.05, 4.69) is 10.1 Å². The van der Waals surface area contributed by atoms with Crippen molar-refractivity contribution in [3.63, 3.8) is 0 Å². The molecule has 0 aromatic heterocycles. The van der Waals surface area contributed by atoms with Crippen molar-refractivity contribution < 1.29 is 27.8 Å². The molecule has 0 aliphatic heterocycles. The van der Waals surface area contributed by atoms with Crippen molar-refractivity contribution in [3.05, 3.63) is 29.8 Å². The number of hydrogen-bond acceptors (Lipinski definition) is 3. The molecule has 1 rings (SSSR count). The zero-order chi connectivity index (χ0) is 15.4. The predicted molar refractivity (Wildman–Crippen MR) is 66.6 cm³/mol. The minimum atomic E-state index is -4.43. The van der Waals surface area contributed by atoms with Crippen LogP contribution in [0.5, 0.6) is 5.75 Å². The van der Waals surface area contributed by atoms with Gasteiger partial charge in [0, 0.05) is 5.56 Å². The first-order chi connectivity index (χ1) is 9.13. The van der Waals surface area contributed by atoms with Crippen molar-refractivity contribution in [1.82, 2.24) is 5.32 Å². The monoisotopic (exact) mass is 291 g/mol. The van der Waals surface area contributed by atoms with E-state index in [-0.39, 0.29) is 17.9 Å². The van der Waals surface area contributed by atoms with Gasteiger partial charge >= 0.3 is 6.18 Å². The van der Waals surface area contributed by atoms with Gasteiger partial charge in [0.05, 0.1) is 12.1 Å². The quantitative estimate of drug-likeness (QED) is 0.873. The van der Waals surface area contributed by atoms with Crippen LogP contribution in [0.15, 0.2) is 24.3 Å². The van der Waals surface area contributed by atoms with Crippen LogP contribution < -0.4 is 10.1 Å². The van der Waals surface area contributed by atoms with Gasteiger partial charge in [-0.3, -0.25) is 4.79 Å². The molecule has 0 saturated carbocycles. The summed E-state index contributed by atoms with van der Waals surface area (Å²) >= 11 is 0. The molecule has 0 bridgehead atoms. The Morgan fingerprint density at radius 2 is 2.00 bits per heavy atom. The second-order valence-electron chi connectivity index (χ2n) is 4.93. The van der Waals surface area contributed by atoms with Crippen LogP contribution in [-0.2, 0) is 0 Å². The zero-order valence-corrected chi connectivity index (χ0v) is 11.1. The molecule has 1 aromatic rings. The highest BCUT2D eigenvalue weighted by atomic mass is 19.4. The van der Waals surface area contributed by atoms with E-state index < -0.39 is 24.2 Å². The van der Waals surface area contributed by atoms with Gasteiger partial charge in [0.2, 0.25) is 0 Å². The van der Waals surface area contributed by atoms with Gasteiger partial charge in [0.25, 0.3) is 5.91 Å². The smallest absolute Gasteiger partial charge is 0.422 e. The van der Waals surface area contributed by atoms with Crippen LogP contribution in [0, 0.1) is 0 Å². The molecule has 0 aliphatic rings. The van der Waals surface area contributed by atoms with Crippen LogP contribution in [0.3, 0.4) is 0 Å². The Morgan fingerprint density at radius 3 is 2.55 bits per heavy atom. The van der Waals surface area contributed by atoms with Crippen LogP contribution in [-0.4, -0.2) is 35.9 Å². The van der Waals surface area contributed by atoms with Crippen LogP contribution in [0.1, 0.15) is 24.2 Å². The Labute approximate surface area is 114 Å². The number of nitrogens with one attached hydrogen (secondary N) is 1. The molecular formula is C13H16F3NO3. The average molecular weight is 291 g/mol. The lowest BCUT2D eigenvalue weighted by Crippen LogP contribution is -2.46. The molecule has 0 atom stereocenters. The Kier molecular flexibility index (Phi) is 4.99. The van der Waals surface area contributed by atoms with Gasteiger partial charge in [-0.15, -0.1) is 0 Å². The molecule has 7 heteroatoms. The first-order valence-corrected chi connectivity index (χ1v) is 5.86. The number of benzene rings is 1. The number of halogens is 3. The Hall–Kier alpha value is -1.76. The summed E-state index contributed by atoms with van der Waals surface area (Å²) in [6.45, 7) is 1.56. The number of rotatable bonds is 5. The third-order valence-electron chi connectivity index (χ3n) is 2.35. The topological polar surface area (TPSA) is 58.6 Å². The third-order valence-corrected chi connectivity index (χ3v) is 2.35. The van der Waals surface area contributed by atoms with Gasteiger partial charge in [-0.05, 0) is 32.0 Å². The molecule has 1 amide bonds. The normalized spacial score (nSPS) is 12.1. The summed E-state index contributed by atoms with van der Waals surface area (Å²) in [5.74, 6) is -0.543. The maximum atomic E-state index is 12.0. The Morgan fingerprint density at radius 1 is 1.35 bits per heavy atom. The van der Waals surface area contributed by atoms with E-state index in [1.54, 1.807) is 13.8 Å². The SMILES string of the molecule is CC(C)(CO)NC(=O)c1cccc(OCC(F)(F)F)c1. The van der Waals surface area contributed by atoms with E-state index in [0.717, 1.165) is 0 Å². The fourth-order valence-electron chi connectivity index (χ4n) is 1.31. The molecule has 0 saturated heterocycles. The maximum Gasteiger partial charge on any atom is 0.422 e. The number of amides is 1. The fourth-order valence-corrected chi connectivity index (χ4v) is 1.31. The van der Waals surface area contributed by atoms with Crippen LogP contribution in [0.25, 0.3) is 0 Å². The third kappa shape index (κ3) is 5.48.